The van der Waals surface area contributed by atoms with Crippen LogP contribution in [0, 0.1) is 0 Å². The molecule has 0 spiro atoms. The Morgan fingerprint density at radius 1 is 1.00 bits per heavy atom. The molecular weight excluding hydrogens is 266 g/mol. The molecule has 2 aliphatic heterocycles. The lowest BCUT2D eigenvalue weighted by Gasteiger charge is -2.29. The third kappa shape index (κ3) is 4.93. The SMILES string of the molecule is O=CN1CCCCC1.Oc1ccccc1N1CCNCC1. The summed E-state index contributed by atoms with van der Waals surface area (Å²) in [6.45, 7) is 5.88. The molecule has 2 aliphatic rings. The van der Waals surface area contributed by atoms with E-state index in [0.717, 1.165) is 51.4 Å². The largest absolute Gasteiger partial charge is 0.506 e. The number of phenolic OH excluding ortho intramolecular Hbond substituents is 1. The van der Waals surface area contributed by atoms with E-state index in [1.54, 1.807) is 6.07 Å². The van der Waals surface area contributed by atoms with Crippen LogP contribution in [0.4, 0.5) is 5.69 Å². The molecule has 2 fully saturated rings. The van der Waals surface area contributed by atoms with Crippen LogP contribution in [0.25, 0.3) is 0 Å². The Labute approximate surface area is 126 Å². The van der Waals surface area contributed by atoms with Crippen LogP contribution in [0.2, 0.25) is 0 Å². The number of hydrogen-bond donors (Lipinski definition) is 2. The van der Waals surface area contributed by atoms with Gasteiger partial charge in [-0.15, -0.1) is 0 Å². The van der Waals surface area contributed by atoms with Crippen LogP contribution in [0.5, 0.6) is 5.75 Å². The molecule has 0 aromatic heterocycles. The second kappa shape index (κ2) is 8.52. The summed E-state index contributed by atoms with van der Waals surface area (Å²) in [7, 11) is 0. The fourth-order valence-corrected chi connectivity index (χ4v) is 2.66. The summed E-state index contributed by atoms with van der Waals surface area (Å²) < 4.78 is 0. The van der Waals surface area contributed by atoms with Crippen molar-refractivity contribution in [2.45, 2.75) is 19.3 Å². The number of piperidine rings is 1. The van der Waals surface area contributed by atoms with E-state index >= 15 is 0 Å². The van der Waals surface area contributed by atoms with Gasteiger partial charge in [-0.25, -0.2) is 0 Å². The van der Waals surface area contributed by atoms with Crippen molar-refractivity contribution in [2.24, 2.45) is 0 Å². The number of likely N-dealkylation sites (tertiary alicyclic amines) is 1. The first-order chi connectivity index (χ1) is 10.3. The molecule has 3 rings (SSSR count). The minimum atomic E-state index is 0.379. The predicted molar refractivity (Wildman–Crippen MR) is 84.7 cm³/mol. The Bertz CT molecular complexity index is 427. The number of para-hydroxylation sites is 2. The van der Waals surface area contributed by atoms with E-state index < -0.39 is 0 Å². The minimum Gasteiger partial charge on any atom is -0.506 e. The van der Waals surface area contributed by atoms with Gasteiger partial charge in [0.05, 0.1) is 5.69 Å². The molecule has 0 bridgehead atoms. The molecule has 5 heteroatoms. The Kier molecular flexibility index (Phi) is 6.34. The van der Waals surface area contributed by atoms with Crippen LogP contribution >= 0.6 is 0 Å². The second-order valence-corrected chi connectivity index (χ2v) is 5.43. The molecule has 21 heavy (non-hydrogen) atoms. The average molecular weight is 291 g/mol. The van der Waals surface area contributed by atoms with Gasteiger partial charge in [-0.05, 0) is 31.4 Å². The van der Waals surface area contributed by atoms with Gasteiger partial charge in [0.1, 0.15) is 5.75 Å². The fourth-order valence-electron chi connectivity index (χ4n) is 2.66. The van der Waals surface area contributed by atoms with Crippen molar-refractivity contribution in [2.75, 3.05) is 44.2 Å². The van der Waals surface area contributed by atoms with Crippen molar-refractivity contribution >= 4 is 12.1 Å². The first kappa shape index (κ1) is 15.6. The quantitative estimate of drug-likeness (QED) is 0.810. The van der Waals surface area contributed by atoms with Gasteiger partial charge in [-0.3, -0.25) is 4.79 Å². The number of amides is 1. The molecule has 5 nitrogen and oxygen atoms in total. The Hall–Kier alpha value is -1.75. The number of rotatable bonds is 2. The maximum absolute atomic E-state index is 10.1. The number of nitrogens with one attached hydrogen (secondary N) is 1. The van der Waals surface area contributed by atoms with Crippen LogP contribution in [0.1, 0.15) is 19.3 Å². The molecule has 0 saturated carbocycles. The summed E-state index contributed by atoms with van der Waals surface area (Å²) in [6.07, 6.45) is 4.63. The molecule has 0 unspecified atom stereocenters. The topological polar surface area (TPSA) is 55.8 Å². The first-order valence-corrected chi connectivity index (χ1v) is 7.74. The van der Waals surface area contributed by atoms with Crippen LogP contribution in [-0.2, 0) is 4.79 Å². The highest BCUT2D eigenvalue weighted by Gasteiger charge is 2.12. The molecule has 0 atom stereocenters. The van der Waals surface area contributed by atoms with Crippen LogP contribution in [-0.4, -0.2) is 55.7 Å². The summed E-state index contributed by atoms with van der Waals surface area (Å²) in [5.74, 6) is 0.379. The van der Waals surface area contributed by atoms with Crippen molar-refractivity contribution in [3.05, 3.63) is 24.3 Å². The monoisotopic (exact) mass is 291 g/mol. The lowest BCUT2D eigenvalue weighted by atomic mass is 10.1. The van der Waals surface area contributed by atoms with E-state index in [1.165, 1.54) is 19.3 Å². The summed E-state index contributed by atoms with van der Waals surface area (Å²) in [5, 5.41) is 12.9. The molecule has 2 N–H and O–H groups in total. The maximum Gasteiger partial charge on any atom is 0.209 e. The highest BCUT2D eigenvalue weighted by atomic mass is 16.3. The average Bonchev–Trinajstić information content (AvgIpc) is 2.57. The van der Waals surface area contributed by atoms with Crippen LogP contribution in [0.3, 0.4) is 0 Å². The molecule has 0 aliphatic carbocycles. The van der Waals surface area contributed by atoms with Gasteiger partial charge < -0.3 is 20.2 Å². The Morgan fingerprint density at radius 3 is 2.24 bits per heavy atom. The number of carbonyl (C=O) groups is 1. The van der Waals surface area contributed by atoms with Crippen molar-refractivity contribution < 1.29 is 9.90 Å². The number of carbonyl (C=O) groups excluding carboxylic acids is 1. The van der Waals surface area contributed by atoms with Crippen LogP contribution < -0.4 is 10.2 Å². The van der Waals surface area contributed by atoms with Crippen molar-refractivity contribution in [3.63, 3.8) is 0 Å². The van der Waals surface area contributed by atoms with E-state index in [-0.39, 0.29) is 0 Å². The zero-order valence-corrected chi connectivity index (χ0v) is 12.5. The minimum absolute atomic E-state index is 0.379. The summed E-state index contributed by atoms with van der Waals surface area (Å²) in [5.41, 5.74) is 0.948. The fraction of sp³-hybridized carbons (Fsp3) is 0.562. The van der Waals surface area contributed by atoms with Gasteiger partial charge >= 0.3 is 0 Å². The summed E-state index contributed by atoms with van der Waals surface area (Å²) in [6, 6.07) is 7.50. The Morgan fingerprint density at radius 2 is 1.67 bits per heavy atom. The lowest BCUT2D eigenvalue weighted by molar-refractivity contribution is -0.118. The van der Waals surface area contributed by atoms with E-state index in [4.69, 9.17) is 0 Å². The van der Waals surface area contributed by atoms with Gasteiger partial charge in [0.2, 0.25) is 6.41 Å². The lowest BCUT2D eigenvalue weighted by Crippen LogP contribution is -2.43. The maximum atomic E-state index is 10.1. The van der Waals surface area contributed by atoms with Gasteiger partial charge in [0.25, 0.3) is 0 Å². The molecule has 2 heterocycles. The number of phenols is 1. The zero-order chi connectivity index (χ0) is 14.9. The molecule has 1 aromatic carbocycles. The number of benzene rings is 1. The summed E-state index contributed by atoms with van der Waals surface area (Å²) >= 11 is 0. The molecular formula is C16H25N3O2. The molecule has 0 radical (unpaired) electrons. The van der Waals surface area contributed by atoms with E-state index in [9.17, 15) is 9.90 Å². The third-order valence-corrected chi connectivity index (χ3v) is 3.88. The number of aromatic hydroxyl groups is 1. The van der Waals surface area contributed by atoms with Crippen molar-refractivity contribution in [1.82, 2.24) is 10.2 Å². The Balaban J connectivity index is 0.000000173. The molecule has 1 amide bonds. The predicted octanol–water partition coefficient (Wildman–Crippen LogP) is 1.43. The number of piperazine rings is 1. The molecule has 116 valence electrons. The smallest absolute Gasteiger partial charge is 0.209 e. The van der Waals surface area contributed by atoms with Gasteiger partial charge in [-0.1, -0.05) is 12.1 Å². The number of anilines is 1. The summed E-state index contributed by atoms with van der Waals surface area (Å²) in [4.78, 5) is 14.1. The molecule has 2 saturated heterocycles. The highest BCUT2D eigenvalue weighted by Crippen LogP contribution is 2.26. The zero-order valence-electron chi connectivity index (χ0n) is 12.5. The van der Waals surface area contributed by atoms with E-state index in [0.29, 0.717) is 5.75 Å². The van der Waals surface area contributed by atoms with E-state index in [1.807, 2.05) is 23.1 Å². The number of nitrogens with zero attached hydrogens (tertiary/aromatic N) is 2. The van der Waals surface area contributed by atoms with Gasteiger partial charge in [-0.2, -0.15) is 0 Å². The van der Waals surface area contributed by atoms with Crippen molar-refractivity contribution in [1.29, 1.82) is 0 Å². The van der Waals surface area contributed by atoms with E-state index in [2.05, 4.69) is 10.2 Å². The highest BCUT2D eigenvalue weighted by molar-refractivity contribution is 5.57. The van der Waals surface area contributed by atoms with Crippen LogP contribution in [0.15, 0.2) is 24.3 Å². The third-order valence-electron chi connectivity index (χ3n) is 3.88. The van der Waals surface area contributed by atoms with Crippen molar-refractivity contribution in [3.8, 4) is 5.75 Å². The van der Waals surface area contributed by atoms with Gasteiger partial charge in [0.15, 0.2) is 0 Å². The van der Waals surface area contributed by atoms with Gasteiger partial charge in [0, 0.05) is 39.3 Å². The molecule has 1 aromatic rings. The standard InChI is InChI=1S/C10H14N2O.C6H11NO/c13-10-4-2-1-3-9(10)12-7-5-11-6-8-12;8-6-7-4-2-1-3-5-7/h1-4,11,13H,5-8H2;6H,1-5H2. The number of hydrogen-bond acceptors (Lipinski definition) is 4. The first-order valence-electron chi connectivity index (χ1n) is 7.74. The second-order valence-electron chi connectivity index (χ2n) is 5.43. The normalized spacial score (nSPS) is 18.7.